The first-order chi connectivity index (χ1) is 9.06. The Hall–Kier alpha value is -0.810. The maximum Gasteiger partial charge on any atom is 0.152 e. The molecule has 19 heavy (non-hydrogen) atoms. The second-order valence-electron chi connectivity index (χ2n) is 4.39. The summed E-state index contributed by atoms with van der Waals surface area (Å²) in [5.74, 6) is 0.733. The third-order valence-corrected chi connectivity index (χ3v) is 5.52. The van der Waals surface area contributed by atoms with E-state index in [1.807, 2.05) is 31.2 Å². The zero-order valence-corrected chi connectivity index (χ0v) is 13.3. The van der Waals surface area contributed by atoms with Crippen molar-refractivity contribution in [2.75, 3.05) is 0 Å². The number of rotatable bonds is 2. The summed E-state index contributed by atoms with van der Waals surface area (Å²) >= 11 is 11.3. The Morgan fingerprint density at radius 1 is 1.37 bits per heavy atom. The van der Waals surface area contributed by atoms with Crippen molar-refractivity contribution < 1.29 is 4.42 Å². The van der Waals surface area contributed by atoms with Crippen LogP contribution in [-0.4, -0.2) is 0 Å². The molecule has 98 valence electrons. The molecule has 0 spiro atoms. The first-order valence-corrected chi connectivity index (χ1v) is 7.74. The molecule has 2 nitrogen and oxygen atoms in total. The molecule has 0 radical (unpaired) electrons. The van der Waals surface area contributed by atoms with E-state index in [1.54, 1.807) is 11.3 Å². The van der Waals surface area contributed by atoms with Crippen LogP contribution in [0.5, 0.6) is 0 Å². The summed E-state index contributed by atoms with van der Waals surface area (Å²) in [5, 5.41) is 1.59. The van der Waals surface area contributed by atoms with E-state index >= 15 is 0 Å². The van der Waals surface area contributed by atoms with Crippen LogP contribution < -0.4 is 5.73 Å². The predicted molar refractivity (Wildman–Crippen MR) is 84.0 cm³/mol. The standard InChI is InChI=1S/C14H11BrClNOS/c1-7-5-11(19-14(7)15)12(17)10-6-8-3-2-4-9(16)13(8)18-10/h2-6,12H,17H2,1H3. The van der Waals surface area contributed by atoms with E-state index < -0.39 is 0 Å². The quantitative estimate of drug-likeness (QED) is 0.679. The molecule has 0 amide bonds. The highest BCUT2D eigenvalue weighted by molar-refractivity contribution is 9.11. The number of aryl methyl sites for hydroxylation is 1. The molecular formula is C14H11BrClNOS. The smallest absolute Gasteiger partial charge is 0.152 e. The van der Waals surface area contributed by atoms with Gasteiger partial charge in [0.1, 0.15) is 5.76 Å². The van der Waals surface area contributed by atoms with Crippen molar-refractivity contribution >= 4 is 49.8 Å². The molecule has 3 rings (SSSR count). The average molecular weight is 357 g/mol. The lowest BCUT2D eigenvalue weighted by Gasteiger charge is -2.04. The second kappa shape index (κ2) is 4.94. The topological polar surface area (TPSA) is 39.2 Å². The summed E-state index contributed by atoms with van der Waals surface area (Å²) < 4.78 is 6.90. The molecule has 1 aromatic carbocycles. The maximum absolute atomic E-state index is 6.27. The third kappa shape index (κ3) is 2.34. The number of para-hydroxylation sites is 1. The Morgan fingerprint density at radius 2 is 2.16 bits per heavy atom. The number of fused-ring (bicyclic) bond motifs is 1. The lowest BCUT2D eigenvalue weighted by Crippen LogP contribution is -2.08. The van der Waals surface area contributed by atoms with E-state index in [9.17, 15) is 0 Å². The normalized spacial score (nSPS) is 13.1. The van der Waals surface area contributed by atoms with E-state index in [4.69, 9.17) is 21.8 Å². The second-order valence-corrected chi connectivity index (χ2v) is 7.20. The van der Waals surface area contributed by atoms with Crippen LogP contribution in [0, 0.1) is 6.92 Å². The van der Waals surface area contributed by atoms with Gasteiger partial charge in [-0.1, -0.05) is 23.7 Å². The predicted octanol–water partition coefficient (Wildman–Crippen LogP) is 5.27. The maximum atomic E-state index is 6.27. The Morgan fingerprint density at radius 3 is 2.79 bits per heavy atom. The Balaban J connectivity index is 2.06. The largest absolute Gasteiger partial charge is 0.457 e. The van der Waals surface area contributed by atoms with Gasteiger partial charge in [0.15, 0.2) is 5.58 Å². The number of thiophene rings is 1. The van der Waals surface area contributed by atoms with Gasteiger partial charge in [-0.2, -0.15) is 0 Å². The van der Waals surface area contributed by atoms with Gasteiger partial charge < -0.3 is 10.2 Å². The summed E-state index contributed by atoms with van der Waals surface area (Å²) in [6, 6.07) is 9.45. The average Bonchev–Trinajstić information content (AvgIpc) is 2.94. The summed E-state index contributed by atoms with van der Waals surface area (Å²) in [5.41, 5.74) is 8.15. The summed E-state index contributed by atoms with van der Waals surface area (Å²) in [4.78, 5) is 1.07. The van der Waals surface area contributed by atoms with Gasteiger partial charge in [0.2, 0.25) is 0 Å². The van der Waals surface area contributed by atoms with Gasteiger partial charge in [0.05, 0.1) is 14.9 Å². The number of furan rings is 1. The summed E-state index contributed by atoms with van der Waals surface area (Å²) in [6.07, 6.45) is 0. The Kier molecular flexibility index (Phi) is 3.43. The molecule has 2 heterocycles. The van der Waals surface area contributed by atoms with Crippen LogP contribution in [-0.2, 0) is 0 Å². The first kappa shape index (κ1) is 13.2. The van der Waals surface area contributed by atoms with E-state index in [0.717, 1.165) is 19.8 Å². The van der Waals surface area contributed by atoms with Crippen LogP contribution in [0.25, 0.3) is 11.0 Å². The number of hydrogen-bond acceptors (Lipinski definition) is 3. The molecule has 0 saturated carbocycles. The van der Waals surface area contributed by atoms with Crippen molar-refractivity contribution in [2.45, 2.75) is 13.0 Å². The number of nitrogens with two attached hydrogens (primary N) is 1. The fourth-order valence-electron chi connectivity index (χ4n) is 1.98. The van der Waals surface area contributed by atoms with Crippen molar-refractivity contribution in [3.63, 3.8) is 0 Å². The third-order valence-electron chi connectivity index (χ3n) is 3.00. The minimum absolute atomic E-state index is 0.265. The SMILES string of the molecule is Cc1cc(C(N)c2cc3cccc(Cl)c3o2)sc1Br. The number of hydrogen-bond donors (Lipinski definition) is 1. The van der Waals surface area contributed by atoms with Crippen LogP contribution >= 0.6 is 38.9 Å². The molecule has 5 heteroatoms. The molecule has 2 N–H and O–H groups in total. The summed E-state index contributed by atoms with van der Waals surface area (Å²) in [6.45, 7) is 2.05. The van der Waals surface area contributed by atoms with Crippen molar-refractivity contribution in [2.24, 2.45) is 5.73 Å². The molecule has 1 unspecified atom stereocenters. The van der Waals surface area contributed by atoms with Gasteiger partial charge in [-0.3, -0.25) is 0 Å². The zero-order chi connectivity index (χ0) is 13.6. The molecule has 1 atom stereocenters. The highest BCUT2D eigenvalue weighted by atomic mass is 79.9. The highest BCUT2D eigenvalue weighted by Crippen LogP contribution is 2.36. The van der Waals surface area contributed by atoms with Gasteiger partial charge in [-0.25, -0.2) is 0 Å². The molecule has 0 aliphatic carbocycles. The van der Waals surface area contributed by atoms with Crippen molar-refractivity contribution in [1.82, 2.24) is 0 Å². The number of benzene rings is 1. The Bertz CT molecular complexity index is 730. The van der Waals surface area contributed by atoms with Gasteiger partial charge >= 0.3 is 0 Å². The fraction of sp³-hybridized carbons (Fsp3) is 0.143. The van der Waals surface area contributed by atoms with E-state index in [-0.39, 0.29) is 6.04 Å². The molecule has 3 aromatic rings. The van der Waals surface area contributed by atoms with Gasteiger partial charge in [-0.05, 0) is 46.6 Å². The minimum atomic E-state index is -0.265. The Labute approximate surface area is 128 Å². The molecular weight excluding hydrogens is 346 g/mol. The molecule has 0 aliphatic heterocycles. The van der Waals surface area contributed by atoms with Gasteiger partial charge in [-0.15, -0.1) is 11.3 Å². The molecule has 0 fully saturated rings. The van der Waals surface area contributed by atoms with Crippen molar-refractivity contribution in [3.8, 4) is 0 Å². The first-order valence-electron chi connectivity index (χ1n) is 5.75. The van der Waals surface area contributed by atoms with E-state index in [0.29, 0.717) is 10.6 Å². The van der Waals surface area contributed by atoms with Crippen LogP contribution in [0.15, 0.2) is 38.5 Å². The van der Waals surface area contributed by atoms with E-state index in [1.165, 1.54) is 5.56 Å². The van der Waals surface area contributed by atoms with Gasteiger partial charge in [0, 0.05) is 10.3 Å². The minimum Gasteiger partial charge on any atom is -0.457 e. The highest BCUT2D eigenvalue weighted by Gasteiger charge is 2.18. The van der Waals surface area contributed by atoms with E-state index in [2.05, 4.69) is 22.0 Å². The summed E-state index contributed by atoms with van der Waals surface area (Å²) in [7, 11) is 0. The van der Waals surface area contributed by atoms with Crippen LogP contribution in [0.3, 0.4) is 0 Å². The van der Waals surface area contributed by atoms with Crippen LogP contribution in [0.1, 0.15) is 22.2 Å². The van der Waals surface area contributed by atoms with Crippen molar-refractivity contribution in [1.29, 1.82) is 0 Å². The van der Waals surface area contributed by atoms with Crippen molar-refractivity contribution in [3.05, 3.63) is 55.3 Å². The number of halogens is 2. The monoisotopic (exact) mass is 355 g/mol. The van der Waals surface area contributed by atoms with Crippen LogP contribution in [0.2, 0.25) is 5.02 Å². The molecule has 0 saturated heterocycles. The molecule has 2 aromatic heterocycles. The molecule has 0 aliphatic rings. The zero-order valence-electron chi connectivity index (χ0n) is 10.1. The lowest BCUT2D eigenvalue weighted by molar-refractivity contribution is 0.528. The lowest BCUT2D eigenvalue weighted by atomic mass is 10.1. The molecule has 0 bridgehead atoms. The van der Waals surface area contributed by atoms with Gasteiger partial charge in [0.25, 0.3) is 0 Å². The fourth-order valence-corrected chi connectivity index (χ4v) is 3.78. The van der Waals surface area contributed by atoms with Crippen LogP contribution in [0.4, 0.5) is 0 Å².